The van der Waals surface area contributed by atoms with E-state index in [0.717, 1.165) is 39.5 Å². The summed E-state index contributed by atoms with van der Waals surface area (Å²) in [6, 6.07) is 16.6. The Kier molecular flexibility index (Phi) is 8.28. The van der Waals surface area contributed by atoms with Crippen LogP contribution >= 0.6 is 0 Å². The van der Waals surface area contributed by atoms with Gasteiger partial charge >= 0.3 is 6.09 Å². The molecule has 2 atom stereocenters. The molecule has 0 unspecified atom stereocenters. The molecule has 1 amide bonds. The molecular formula is C32H41N5O2. The molecule has 0 aliphatic carbocycles. The van der Waals surface area contributed by atoms with Crippen LogP contribution in [-0.4, -0.2) is 31.6 Å². The molecule has 0 spiro atoms. The van der Waals surface area contributed by atoms with Gasteiger partial charge in [-0.2, -0.15) is 0 Å². The number of imidazole rings is 2. The Bertz CT molecular complexity index is 1380. The van der Waals surface area contributed by atoms with Gasteiger partial charge in [-0.3, -0.25) is 0 Å². The van der Waals surface area contributed by atoms with Crippen LogP contribution in [-0.2, 0) is 4.74 Å². The number of benzene rings is 2. The fourth-order valence-corrected chi connectivity index (χ4v) is 4.34. The minimum Gasteiger partial charge on any atom is -0.444 e. The second-order valence-electron chi connectivity index (χ2n) is 11.9. The highest BCUT2D eigenvalue weighted by Crippen LogP contribution is 2.29. The summed E-state index contributed by atoms with van der Waals surface area (Å²) in [6.07, 6.45) is 3.28. The molecule has 0 saturated carbocycles. The summed E-state index contributed by atoms with van der Waals surface area (Å²) in [7, 11) is 0. The molecule has 7 nitrogen and oxygen atoms in total. The van der Waals surface area contributed by atoms with Crippen LogP contribution < -0.4 is 5.32 Å². The number of hydrogen-bond donors (Lipinski definition) is 3. The Morgan fingerprint density at radius 1 is 0.718 bits per heavy atom. The van der Waals surface area contributed by atoms with Crippen LogP contribution in [0.2, 0.25) is 0 Å². The van der Waals surface area contributed by atoms with E-state index < -0.39 is 11.7 Å². The average Bonchev–Trinajstić information content (AvgIpc) is 3.56. The van der Waals surface area contributed by atoms with E-state index in [-0.39, 0.29) is 12.0 Å². The summed E-state index contributed by atoms with van der Waals surface area (Å²) < 4.78 is 5.44. The average molecular weight is 528 g/mol. The van der Waals surface area contributed by atoms with Crippen molar-refractivity contribution in [1.82, 2.24) is 25.3 Å². The van der Waals surface area contributed by atoms with Gasteiger partial charge in [0.05, 0.1) is 29.8 Å². The Morgan fingerprint density at radius 3 is 1.59 bits per heavy atom. The van der Waals surface area contributed by atoms with Gasteiger partial charge in [0.2, 0.25) is 0 Å². The Morgan fingerprint density at radius 2 is 1.15 bits per heavy atom. The molecule has 7 heteroatoms. The summed E-state index contributed by atoms with van der Waals surface area (Å²) in [4.78, 5) is 28.4. The van der Waals surface area contributed by atoms with Crippen molar-refractivity contribution >= 4 is 6.09 Å². The van der Waals surface area contributed by atoms with E-state index in [1.807, 2.05) is 47.0 Å². The maximum atomic E-state index is 12.4. The number of alkyl carbamates (subject to hydrolysis) is 1. The molecule has 0 aliphatic heterocycles. The minimum absolute atomic E-state index is 0.133. The number of amides is 1. The van der Waals surface area contributed by atoms with Gasteiger partial charge in [0.25, 0.3) is 0 Å². The fourth-order valence-electron chi connectivity index (χ4n) is 4.34. The summed E-state index contributed by atoms with van der Waals surface area (Å²) in [5.74, 6) is 2.79. The number of H-pyrrole nitrogens is 2. The first-order valence-corrected chi connectivity index (χ1v) is 13.7. The van der Waals surface area contributed by atoms with E-state index in [1.54, 1.807) is 0 Å². The minimum atomic E-state index is -0.559. The van der Waals surface area contributed by atoms with Gasteiger partial charge < -0.3 is 20.0 Å². The molecule has 3 N–H and O–H groups in total. The van der Waals surface area contributed by atoms with Gasteiger partial charge in [0, 0.05) is 5.92 Å². The summed E-state index contributed by atoms with van der Waals surface area (Å²) in [6.45, 7) is 16.3. The van der Waals surface area contributed by atoms with Crippen molar-refractivity contribution in [3.63, 3.8) is 0 Å². The van der Waals surface area contributed by atoms with Crippen molar-refractivity contribution in [3.05, 3.63) is 72.6 Å². The van der Waals surface area contributed by atoms with Gasteiger partial charge in [-0.1, -0.05) is 83.1 Å². The molecule has 0 fully saturated rings. The van der Waals surface area contributed by atoms with Gasteiger partial charge in [-0.25, -0.2) is 14.8 Å². The number of carbonyl (C=O) groups is 1. The van der Waals surface area contributed by atoms with Crippen LogP contribution in [0.5, 0.6) is 0 Å². The van der Waals surface area contributed by atoms with Crippen LogP contribution in [0.4, 0.5) is 4.79 Å². The van der Waals surface area contributed by atoms with Crippen LogP contribution in [0.15, 0.2) is 60.9 Å². The van der Waals surface area contributed by atoms with Gasteiger partial charge in [-0.15, -0.1) is 0 Å². The van der Waals surface area contributed by atoms with E-state index in [9.17, 15) is 4.79 Å². The third-order valence-electron chi connectivity index (χ3n) is 6.98. The molecule has 4 rings (SSSR count). The van der Waals surface area contributed by atoms with E-state index >= 15 is 0 Å². The zero-order valence-electron chi connectivity index (χ0n) is 24.3. The Hall–Kier alpha value is -3.87. The van der Waals surface area contributed by atoms with Gasteiger partial charge in [0.15, 0.2) is 0 Å². The Labute approximate surface area is 231 Å². The SMILES string of the molecule is CC(C)[C@H](C)c1ncc(-c2ccc(-c3ccc(-c4cnc([C@@H](NC(=O)OC(C)(C)C)C(C)C)[nH]4)cc3)cc2)[nH]1. The van der Waals surface area contributed by atoms with Gasteiger partial charge in [-0.05, 0) is 54.9 Å². The first-order valence-electron chi connectivity index (χ1n) is 13.7. The maximum Gasteiger partial charge on any atom is 0.408 e. The molecule has 0 aliphatic rings. The molecular weight excluding hydrogens is 486 g/mol. The lowest BCUT2D eigenvalue weighted by molar-refractivity contribution is 0.0486. The quantitative estimate of drug-likeness (QED) is 0.216. The van der Waals surface area contributed by atoms with Crippen molar-refractivity contribution < 1.29 is 9.53 Å². The van der Waals surface area contributed by atoms with Crippen molar-refractivity contribution in [3.8, 4) is 33.6 Å². The van der Waals surface area contributed by atoms with Gasteiger partial charge in [0.1, 0.15) is 17.2 Å². The highest BCUT2D eigenvalue weighted by atomic mass is 16.6. The first-order chi connectivity index (χ1) is 18.4. The van der Waals surface area contributed by atoms with Crippen LogP contribution in [0.25, 0.3) is 33.6 Å². The van der Waals surface area contributed by atoms with E-state index in [2.05, 4.69) is 94.6 Å². The number of carbonyl (C=O) groups excluding carboxylic acids is 1. The smallest absolute Gasteiger partial charge is 0.408 e. The second-order valence-corrected chi connectivity index (χ2v) is 11.9. The molecule has 2 aromatic heterocycles. The van der Waals surface area contributed by atoms with Crippen molar-refractivity contribution in [2.75, 3.05) is 0 Å². The van der Waals surface area contributed by atoms with E-state index in [1.165, 1.54) is 0 Å². The van der Waals surface area contributed by atoms with E-state index in [0.29, 0.717) is 17.7 Å². The summed E-state index contributed by atoms with van der Waals surface area (Å²) >= 11 is 0. The van der Waals surface area contributed by atoms with Crippen molar-refractivity contribution in [2.45, 2.75) is 73.0 Å². The van der Waals surface area contributed by atoms with E-state index in [4.69, 9.17) is 4.74 Å². The third-order valence-corrected chi connectivity index (χ3v) is 6.98. The highest BCUT2D eigenvalue weighted by molar-refractivity contribution is 5.72. The molecule has 39 heavy (non-hydrogen) atoms. The normalized spacial score (nSPS) is 13.5. The number of hydrogen-bond acceptors (Lipinski definition) is 4. The molecule has 0 radical (unpaired) electrons. The lowest BCUT2D eigenvalue weighted by Gasteiger charge is -2.24. The zero-order chi connectivity index (χ0) is 28.3. The molecule has 4 aromatic rings. The highest BCUT2D eigenvalue weighted by Gasteiger charge is 2.25. The molecule has 0 saturated heterocycles. The van der Waals surface area contributed by atoms with Crippen LogP contribution in [0.3, 0.4) is 0 Å². The number of aromatic amines is 2. The standard InChI is InChI=1S/C32H41N5O2/c1-19(2)21(5)29-33-17-26(35-29)24-13-9-22(10-14-24)23-11-15-25(16-12-23)27-18-34-30(36-27)28(20(3)4)37-31(38)39-32(6,7)8/h9-21,28H,1-8H3,(H,33,35)(H,34,36)(H,37,38)/t21-,28-/m0/s1. The summed E-state index contributed by atoms with van der Waals surface area (Å²) in [5, 5.41) is 2.95. The Balaban J connectivity index is 1.46. The lowest BCUT2D eigenvalue weighted by atomic mass is 9.98. The molecule has 2 heterocycles. The zero-order valence-corrected chi connectivity index (χ0v) is 24.3. The number of ether oxygens (including phenoxy) is 1. The van der Waals surface area contributed by atoms with Crippen molar-refractivity contribution in [2.24, 2.45) is 11.8 Å². The molecule has 0 bridgehead atoms. The molecule has 206 valence electrons. The van der Waals surface area contributed by atoms with Crippen LogP contribution in [0, 0.1) is 11.8 Å². The second kappa shape index (κ2) is 11.5. The first kappa shape index (κ1) is 28.1. The predicted molar refractivity (Wildman–Crippen MR) is 157 cm³/mol. The maximum absolute atomic E-state index is 12.4. The topological polar surface area (TPSA) is 95.7 Å². The number of nitrogens with zero attached hydrogens (tertiary/aromatic N) is 2. The predicted octanol–water partition coefficient (Wildman–Crippen LogP) is 8.12. The lowest BCUT2D eigenvalue weighted by Crippen LogP contribution is -2.37. The monoisotopic (exact) mass is 527 g/mol. The number of aromatic nitrogens is 4. The molecule has 2 aromatic carbocycles. The van der Waals surface area contributed by atoms with Crippen LogP contribution in [0.1, 0.15) is 79.0 Å². The van der Waals surface area contributed by atoms with Crippen molar-refractivity contribution in [1.29, 1.82) is 0 Å². The largest absolute Gasteiger partial charge is 0.444 e. The fraction of sp³-hybridized carbons (Fsp3) is 0.406. The number of nitrogens with one attached hydrogen (secondary N) is 3. The third kappa shape index (κ3) is 6.96. The number of rotatable bonds is 8. The summed E-state index contributed by atoms with van der Waals surface area (Å²) in [5.41, 5.74) is 5.80.